The van der Waals surface area contributed by atoms with Crippen LogP contribution in [-0.2, 0) is 6.61 Å². The molecule has 0 saturated carbocycles. The van der Waals surface area contributed by atoms with Crippen molar-refractivity contribution in [3.63, 3.8) is 0 Å². The highest BCUT2D eigenvalue weighted by Crippen LogP contribution is 2.22. The van der Waals surface area contributed by atoms with E-state index in [1.54, 1.807) is 6.07 Å². The third kappa shape index (κ3) is 4.26. The van der Waals surface area contributed by atoms with Crippen molar-refractivity contribution in [2.24, 2.45) is 0 Å². The van der Waals surface area contributed by atoms with Gasteiger partial charge in [-0.2, -0.15) is 5.26 Å². The molecular weight excluding hydrogens is 352 g/mol. The number of nitrogens with zero attached hydrogens (tertiary/aromatic N) is 3. The van der Waals surface area contributed by atoms with Gasteiger partial charge in [0.2, 0.25) is 5.76 Å². The molecule has 0 unspecified atom stereocenters. The van der Waals surface area contributed by atoms with Gasteiger partial charge in [0.05, 0.1) is 22.2 Å². The summed E-state index contributed by atoms with van der Waals surface area (Å²) in [5.74, 6) is -0.657. The lowest BCUT2D eigenvalue weighted by Gasteiger charge is -2.04. The highest BCUT2D eigenvalue weighted by atomic mass is 16.6. The summed E-state index contributed by atoms with van der Waals surface area (Å²) in [5, 5.41) is 26.0. The molecule has 3 rings (SSSR count). The zero-order valence-corrected chi connectivity index (χ0v) is 13.8. The number of nitro benzene ring substituents is 1. The smallest absolute Gasteiger partial charge is 0.294 e. The molecule has 0 aliphatic carbocycles. The first kappa shape index (κ1) is 17.6. The molecule has 0 fully saturated rings. The summed E-state index contributed by atoms with van der Waals surface area (Å²) < 4.78 is 10.4. The van der Waals surface area contributed by atoms with Gasteiger partial charge in [-0.25, -0.2) is 0 Å². The number of amides is 1. The fraction of sp³-hybridized carbons (Fsp3) is 0.0556. The topological polar surface area (TPSA) is 131 Å². The average Bonchev–Trinajstić information content (AvgIpc) is 3.16. The van der Waals surface area contributed by atoms with Crippen LogP contribution in [0.15, 0.2) is 59.1 Å². The van der Waals surface area contributed by atoms with Gasteiger partial charge in [0.15, 0.2) is 0 Å². The van der Waals surface area contributed by atoms with Crippen LogP contribution in [0, 0.1) is 21.4 Å². The van der Waals surface area contributed by atoms with Crippen LogP contribution in [0.25, 0.3) is 0 Å². The molecule has 134 valence electrons. The molecule has 0 spiro atoms. The number of nitriles is 1. The highest BCUT2D eigenvalue weighted by Gasteiger charge is 2.17. The Morgan fingerprint density at radius 3 is 2.74 bits per heavy atom. The number of nitro groups is 1. The number of anilines is 1. The number of nitrogens with one attached hydrogen (secondary N) is 1. The largest absolute Gasteiger partial charge is 0.471 e. The van der Waals surface area contributed by atoms with Crippen molar-refractivity contribution in [3.05, 3.63) is 81.6 Å². The molecule has 9 heteroatoms. The van der Waals surface area contributed by atoms with Crippen LogP contribution in [0.5, 0.6) is 5.88 Å². The predicted molar refractivity (Wildman–Crippen MR) is 93.0 cm³/mol. The number of non-ortho nitro benzene ring substituents is 1. The van der Waals surface area contributed by atoms with E-state index in [4.69, 9.17) is 14.5 Å². The summed E-state index contributed by atoms with van der Waals surface area (Å²) in [5.41, 5.74) is 0.755. The lowest BCUT2D eigenvalue weighted by Crippen LogP contribution is -2.12. The van der Waals surface area contributed by atoms with Crippen molar-refractivity contribution < 1.29 is 19.0 Å². The van der Waals surface area contributed by atoms with Crippen LogP contribution in [0.1, 0.15) is 21.7 Å². The minimum absolute atomic E-state index is 0.0439. The quantitative estimate of drug-likeness (QED) is 0.524. The van der Waals surface area contributed by atoms with Gasteiger partial charge in [-0.3, -0.25) is 14.9 Å². The van der Waals surface area contributed by atoms with Crippen molar-refractivity contribution >= 4 is 17.3 Å². The Kier molecular flexibility index (Phi) is 5.09. The Morgan fingerprint density at radius 2 is 2.04 bits per heavy atom. The van der Waals surface area contributed by atoms with Gasteiger partial charge in [0.25, 0.3) is 17.5 Å². The molecule has 9 nitrogen and oxygen atoms in total. The molecule has 0 saturated heterocycles. The van der Waals surface area contributed by atoms with Crippen molar-refractivity contribution in [2.75, 3.05) is 5.32 Å². The third-order valence-corrected chi connectivity index (χ3v) is 3.52. The molecule has 1 N–H and O–H groups in total. The first-order chi connectivity index (χ1) is 13.1. The summed E-state index contributed by atoms with van der Waals surface area (Å²) in [6, 6.07) is 16.0. The standard InChI is InChI=1S/C18H12N4O5/c19-10-13-8-14(22(24)25)6-7-15(13)20-18(23)16-9-17(21-27-16)26-11-12-4-2-1-3-5-12/h1-9H,11H2,(H,20,23). The molecule has 0 aliphatic rings. The molecule has 0 bridgehead atoms. The molecule has 0 atom stereocenters. The van der Waals surface area contributed by atoms with E-state index in [1.807, 2.05) is 30.3 Å². The van der Waals surface area contributed by atoms with Gasteiger partial charge in [0, 0.05) is 12.1 Å². The fourth-order valence-electron chi connectivity index (χ4n) is 2.20. The van der Waals surface area contributed by atoms with E-state index in [0.717, 1.165) is 11.6 Å². The van der Waals surface area contributed by atoms with Gasteiger partial charge in [0.1, 0.15) is 12.7 Å². The second-order valence-corrected chi connectivity index (χ2v) is 5.36. The minimum atomic E-state index is -0.664. The summed E-state index contributed by atoms with van der Waals surface area (Å²) in [6.07, 6.45) is 0. The van der Waals surface area contributed by atoms with Gasteiger partial charge in [-0.15, -0.1) is 0 Å². The van der Waals surface area contributed by atoms with Crippen LogP contribution >= 0.6 is 0 Å². The number of carbonyl (C=O) groups excluding carboxylic acids is 1. The van der Waals surface area contributed by atoms with Crippen molar-refractivity contribution in [2.45, 2.75) is 6.61 Å². The number of aromatic nitrogens is 1. The number of hydrogen-bond donors (Lipinski definition) is 1. The maximum Gasteiger partial charge on any atom is 0.294 e. The Labute approximate surface area is 152 Å². The maximum atomic E-state index is 12.2. The Morgan fingerprint density at radius 1 is 1.26 bits per heavy atom. The van der Waals surface area contributed by atoms with E-state index >= 15 is 0 Å². The van der Waals surface area contributed by atoms with E-state index < -0.39 is 10.8 Å². The zero-order valence-electron chi connectivity index (χ0n) is 13.8. The van der Waals surface area contributed by atoms with Gasteiger partial charge >= 0.3 is 0 Å². The Balaban J connectivity index is 1.68. The number of ether oxygens (including phenoxy) is 1. The Hall–Kier alpha value is -4.19. The fourth-order valence-corrected chi connectivity index (χ4v) is 2.20. The maximum absolute atomic E-state index is 12.2. The molecular formula is C18H12N4O5. The highest BCUT2D eigenvalue weighted by molar-refractivity contribution is 6.03. The monoisotopic (exact) mass is 364 g/mol. The lowest BCUT2D eigenvalue weighted by atomic mass is 10.1. The predicted octanol–water partition coefficient (Wildman–Crippen LogP) is 3.29. The molecule has 3 aromatic rings. The first-order valence-electron chi connectivity index (χ1n) is 7.70. The second-order valence-electron chi connectivity index (χ2n) is 5.36. The van der Waals surface area contributed by atoms with E-state index in [1.165, 1.54) is 18.2 Å². The van der Waals surface area contributed by atoms with Crippen LogP contribution in [-0.4, -0.2) is 16.0 Å². The van der Waals surface area contributed by atoms with Crippen molar-refractivity contribution in [1.82, 2.24) is 5.16 Å². The average molecular weight is 364 g/mol. The number of benzene rings is 2. The van der Waals surface area contributed by atoms with E-state index in [2.05, 4.69) is 10.5 Å². The Bertz CT molecular complexity index is 1020. The van der Waals surface area contributed by atoms with E-state index in [-0.39, 0.29) is 35.2 Å². The molecule has 1 heterocycles. The minimum Gasteiger partial charge on any atom is -0.471 e. The lowest BCUT2D eigenvalue weighted by molar-refractivity contribution is -0.384. The first-order valence-corrected chi connectivity index (χ1v) is 7.70. The van der Waals surface area contributed by atoms with Crippen molar-refractivity contribution in [1.29, 1.82) is 5.26 Å². The van der Waals surface area contributed by atoms with E-state index in [9.17, 15) is 14.9 Å². The van der Waals surface area contributed by atoms with Crippen molar-refractivity contribution in [3.8, 4) is 11.9 Å². The molecule has 1 amide bonds. The van der Waals surface area contributed by atoms with E-state index in [0.29, 0.717) is 0 Å². The molecule has 1 aromatic heterocycles. The van der Waals surface area contributed by atoms with Crippen LogP contribution in [0.3, 0.4) is 0 Å². The SMILES string of the molecule is N#Cc1cc([N+](=O)[O-])ccc1NC(=O)c1cc(OCc2ccccc2)no1. The summed E-state index contributed by atoms with van der Waals surface area (Å²) in [7, 11) is 0. The summed E-state index contributed by atoms with van der Waals surface area (Å²) in [6.45, 7) is 0.259. The summed E-state index contributed by atoms with van der Waals surface area (Å²) >= 11 is 0. The molecule has 27 heavy (non-hydrogen) atoms. The summed E-state index contributed by atoms with van der Waals surface area (Å²) in [4.78, 5) is 22.4. The number of carbonyl (C=O) groups is 1. The second kappa shape index (κ2) is 7.79. The molecule has 0 aliphatic heterocycles. The zero-order chi connectivity index (χ0) is 19.2. The van der Waals surface area contributed by atoms with Gasteiger partial charge in [-0.1, -0.05) is 30.3 Å². The molecule has 0 radical (unpaired) electrons. The third-order valence-electron chi connectivity index (χ3n) is 3.52. The molecule has 2 aromatic carbocycles. The normalized spacial score (nSPS) is 10.0. The number of rotatable bonds is 6. The van der Waals surface area contributed by atoms with Gasteiger partial charge < -0.3 is 14.6 Å². The van der Waals surface area contributed by atoms with Crippen LogP contribution < -0.4 is 10.1 Å². The van der Waals surface area contributed by atoms with Crippen LogP contribution in [0.2, 0.25) is 0 Å². The van der Waals surface area contributed by atoms with Crippen LogP contribution in [0.4, 0.5) is 11.4 Å². The number of hydrogen-bond acceptors (Lipinski definition) is 7. The van der Waals surface area contributed by atoms with Gasteiger partial charge in [-0.05, 0) is 16.8 Å².